The number of rotatable bonds is 15. The standard InChI is InChI=1S/C25H46O6/c1-20(2)14-8-5-6-12-18-28-24(26)30-22-16-10-11-17-23(22)31-25(27)29-19-13-7-9-15-21(3)4/h20-23H,5-19H2,1-4H3. The quantitative estimate of drug-likeness (QED) is 0.194. The van der Waals surface area contributed by atoms with Gasteiger partial charge in [0.1, 0.15) is 12.2 Å². The number of unbranched alkanes of at least 4 members (excludes halogenated alkanes) is 5. The van der Waals surface area contributed by atoms with Crippen LogP contribution in [0.3, 0.4) is 0 Å². The van der Waals surface area contributed by atoms with Crippen molar-refractivity contribution >= 4 is 12.3 Å². The molecule has 1 fully saturated rings. The number of carbonyl (C=O) groups is 2. The summed E-state index contributed by atoms with van der Waals surface area (Å²) in [6, 6.07) is 0. The van der Waals surface area contributed by atoms with E-state index >= 15 is 0 Å². The summed E-state index contributed by atoms with van der Waals surface area (Å²) < 4.78 is 21.3. The van der Waals surface area contributed by atoms with Crippen LogP contribution in [0.5, 0.6) is 0 Å². The minimum atomic E-state index is -0.667. The predicted molar refractivity (Wildman–Crippen MR) is 122 cm³/mol. The number of carbonyl (C=O) groups excluding carboxylic acids is 2. The number of ether oxygens (including phenoxy) is 4. The van der Waals surface area contributed by atoms with E-state index in [2.05, 4.69) is 27.7 Å². The summed E-state index contributed by atoms with van der Waals surface area (Å²) in [5.74, 6) is 1.44. The third kappa shape index (κ3) is 15.1. The summed E-state index contributed by atoms with van der Waals surface area (Å²) in [6.45, 7) is 9.63. The van der Waals surface area contributed by atoms with Crippen LogP contribution in [0, 0.1) is 11.8 Å². The summed E-state index contributed by atoms with van der Waals surface area (Å²) in [7, 11) is 0. The van der Waals surface area contributed by atoms with E-state index in [1.165, 1.54) is 19.3 Å². The Morgan fingerprint density at radius 1 is 0.645 bits per heavy atom. The van der Waals surface area contributed by atoms with Crippen molar-refractivity contribution in [3.8, 4) is 0 Å². The van der Waals surface area contributed by atoms with E-state index in [1.54, 1.807) is 0 Å². The molecular formula is C25H46O6. The maximum atomic E-state index is 12.0. The minimum absolute atomic E-state index is 0.369. The third-order valence-electron chi connectivity index (χ3n) is 5.68. The van der Waals surface area contributed by atoms with Gasteiger partial charge in [-0.05, 0) is 50.4 Å². The summed E-state index contributed by atoms with van der Waals surface area (Å²) in [6.07, 6.45) is 10.8. The van der Waals surface area contributed by atoms with Crippen LogP contribution >= 0.6 is 0 Å². The maximum Gasteiger partial charge on any atom is 0.508 e. The number of hydrogen-bond acceptors (Lipinski definition) is 6. The van der Waals surface area contributed by atoms with Gasteiger partial charge in [-0.3, -0.25) is 0 Å². The van der Waals surface area contributed by atoms with Gasteiger partial charge in [0.25, 0.3) is 0 Å². The van der Waals surface area contributed by atoms with E-state index in [4.69, 9.17) is 18.9 Å². The fourth-order valence-electron chi connectivity index (χ4n) is 3.80. The molecule has 0 heterocycles. The highest BCUT2D eigenvalue weighted by atomic mass is 16.8. The van der Waals surface area contributed by atoms with Crippen molar-refractivity contribution in [3.63, 3.8) is 0 Å². The Morgan fingerprint density at radius 2 is 1.03 bits per heavy atom. The molecule has 0 aromatic carbocycles. The van der Waals surface area contributed by atoms with Crippen molar-refractivity contribution in [1.82, 2.24) is 0 Å². The second kappa shape index (κ2) is 17.1. The Kier molecular flexibility index (Phi) is 15.2. The predicted octanol–water partition coefficient (Wildman–Crippen LogP) is 7.43. The molecule has 0 aromatic rings. The first kappa shape index (κ1) is 27.6. The average molecular weight is 443 g/mol. The lowest BCUT2D eigenvalue weighted by Crippen LogP contribution is -2.38. The minimum Gasteiger partial charge on any atom is -0.434 e. The highest BCUT2D eigenvalue weighted by Gasteiger charge is 2.32. The number of hydrogen-bond donors (Lipinski definition) is 0. The van der Waals surface area contributed by atoms with E-state index in [1.807, 2.05) is 0 Å². The molecule has 0 aliphatic heterocycles. The van der Waals surface area contributed by atoms with Gasteiger partial charge in [-0.15, -0.1) is 0 Å². The van der Waals surface area contributed by atoms with Crippen LogP contribution in [-0.2, 0) is 18.9 Å². The molecule has 6 heteroatoms. The molecule has 0 spiro atoms. The van der Waals surface area contributed by atoms with Crippen molar-refractivity contribution in [1.29, 1.82) is 0 Å². The third-order valence-corrected chi connectivity index (χ3v) is 5.68. The van der Waals surface area contributed by atoms with Gasteiger partial charge in [-0.1, -0.05) is 72.6 Å². The van der Waals surface area contributed by atoms with E-state index < -0.39 is 24.5 Å². The van der Waals surface area contributed by atoms with Gasteiger partial charge in [0.2, 0.25) is 0 Å². The van der Waals surface area contributed by atoms with Gasteiger partial charge < -0.3 is 18.9 Å². The first-order chi connectivity index (χ1) is 14.9. The van der Waals surface area contributed by atoms with Crippen LogP contribution in [0.1, 0.15) is 111 Å². The Labute approximate surface area is 189 Å². The lowest BCUT2D eigenvalue weighted by Gasteiger charge is -2.29. The smallest absolute Gasteiger partial charge is 0.434 e. The van der Waals surface area contributed by atoms with E-state index in [0.29, 0.717) is 32.0 Å². The van der Waals surface area contributed by atoms with Gasteiger partial charge in [0.05, 0.1) is 13.2 Å². The molecule has 0 saturated heterocycles. The summed E-state index contributed by atoms with van der Waals surface area (Å²) in [5, 5.41) is 0. The van der Waals surface area contributed by atoms with Crippen molar-refractivity contribution in [2.45, 2.75) is 123 Å². The van der Waals surface area contributed by atoms with Gasteiger partial charge in [-0.2, -0.15) is 0 Å². The fraction of sp³-hybridized carbons (Fsp3) is 0.920. The molecule has 2 atom stereocenters. The monoisotopic (exact) mass is 442 g/mol. The zero-order valence-electron chi connectivity index (χ0n) is 20.4. The van der Waals surface area contributed by atoms with E-state index in [9.17, 15) is 9.59 Å². The van der Waals surface area contributed by atoms with Gasteiger partial charge in [0.15, 0.2) is 0 Å². The average Bonchev–Trinajstić information content (AvgIpc) is 2.71. The second-order valence-corrected chi connectivity index (χ2v) is 9.63. The lowest BCUT2D eigenvalue weighted by atomic mass is 9.95. The highest BCUT2D eigenvalue weighted by molar-refractivity contribution is 5.61. The normalized spacial score (nSPS) is 18.8. The van der Waals surface area contributed by atoms with Gasteiger partial charge in [0, 0.05) is 0 Å². The fourth-order valence-corrected chi connectivity index (χ4v) is 3.80. The molecule has 182 valence electrons. The molecule has 0 aromatic heterocycles. The van der Waals surface area contributed by atoms with Gasteiger partial charge >= 0.3 is 12.3 Å². The summed E-state index contributed by atoms with van der Waals surface area (Å²) in [4.78, 5) is 24.0. The molecule has 1 saturated carbocycles. The molecule has 2 unspecified atom stereocenters. The topological polar surface area (TPSA) is 71.1 Å². The largest absolute Gasteiger partial charge is 0.508 e. The maximum absolute atomic E-state index is 12.0. The SMILES string of the molecule is CC(C)CCCCCCOC(=O)OC1CCCCC1OC(=O)OCCCCCC(C)C. The van der Waals surface area contributed by atoms with E-state index in [-0.39, 0.29) is 0 Å². The highest BCUT2D eigenvalue weighted by Crippen LogP contribution is 2.25. The molecular weight excluding hydrogens is 396 g/mol. The second-order valence-electron chi connectivity index (χ2n) is 9.63. The Hall–Kier alpha value is -1.46. The summed E-state index contributed by atoms with van der Waals surface area (Å²) in [5.41, 5.74) is 0. The molecule has 0 bridgehead atoms. The van der Waals surface area contributed by atoms with Crippen LogP contribution in [0.15, 0.2) is 0 Å². The molecule has 1 aliphatic carbocycles. The molecule has 1 aliphatic rings. The Morgan fingerprint density at radius 3 is 1.45 bits per heavy atom. The zero-order valence-corrected chi connectivity index (χ0v) is 20.4. The zero-order chi connectivity index (χ0) is 22.9. The van der Waals surface area contributed by atoms with Crippen LogP contribution in [0.4, 0.5) is 9.59 Å². The van der Waals surface area contributed by atoms with Crippen LogP contribution in [0.25, 0.3) is 0 Å². The van der Waals surface area contributed by atoms with Crippen molar-refractivity contribution in [2.24, 2.45) is 11.8 Å². The first-order valence-corrected chi connectivity index (χ1v) is 12.5. The van der Waals surface area contributed by atoms with E-state index in [0.717, 1.165) is 57.3 Å². The van der Waals surface area contributed by atoms with Crippen LogP contribution in [-0.4, -0.2) is 37.7 Å². The first-order valence-electron chi connectivity index (χ1n) is 12.5. The molecule has 31 heavy (non-hydrogen) atoms. The van der Waals surface area contributed by atoms with Crippen molar-refractivity contribution in [2.75, 3.05) is 13.2 Å². The van der Waals surface area contributed by atoms with Crippen LogP contribution < -0.4 is 0 Å². The molecule has 0 amide bonds. The summed E-state index contributed by atoms with van der Waals surface area (Å²) >= 11 is 0. The van der Waals surface area contributed by atoms with Crippen molar-refractivity contribution < 1.29 is 28.5 Å². The van der Waals surface area contributed by atoms with Gasteiger partial charge in [-0.25, -0.2) is 9.59 Å². The molecule has 6 nitrogen and oxygen atoms in total. The van der Waals surface area contributed by atoms with Crippen LogP contribution in [0.2, 0.25) is 0 Å². The van der Waals surface area contributed by atoms with Crippen molar-refractivity contribution in [3.05, 3.63) is 0 Å². The lowest BCUT2D eigenvalue weighted by molar-refractivity contribution is -0.0713. The Balaban J connectivity index is 2.17. The molecule has 0 N–H and O–H groups in total. The Bertz CT molecular complexity index is 477. The molecule has 0 radical (unpaired) electrons. The molecule has 1 rings (SSSR count).